The zero-order chi connectivity index (χ0) is 8.27. The Morgan fingerprint density at radius 1 is 1.73 bits per heavy atom. The summed E-state index contributed by atoms with van der Waals surface area (Å²) < 4.78 is 6.43. The Balaban J connectivity index is 2.56. The molecule has 1 rings (SSSR count). The maximum absolute atomic E-state index is 10.5. The van der Waals surface area contributed by atoms with E-state index in [1.807, 2.05) is 0 Å². The topological polar surface area (TPSA) is 44.1 Å². The van der Waals surface area contributed by atoms with Crippen molar-refractivity contribution in [2.45, 2.75) is 20.1 Å². The molecular formula is C7H10N2O2. The van der Waals surface area contributed by atoms with Crippen molar-refractivity contribution < 1.29 is 9.53 Å². The Morgan fingerprint density at radius 3 is 2.91 bits per heavy atom. The summed E-state index contributed by atoms with van der Waals surface area (Å²) in [6.07, 6.45) is 3.07. The average molecular weight is 154 g/mol. The van der Waals surface area contributed by atoms with Gasteiger partial charge in [-0.3, -0.25) is 4.79 Å². The number of rotatable bonds is 2. The number of esters is 1. The summed E-state index contributed by atoms with van der Waals surface area (Å²) >= 11 is 0. The maximum Gasteiger partial charge on any atom is 0.304 e. The second kappa shape index (κ2) is 3.18. The van der Waals surface area contributed by atoms with Crippen LogP contribution in [0.5, 0.6) is 0 Å². The zero-order valence-electron chi connectivity index (χ0n) is 6.52. The first kappa shape index (κ1) is 7.78. The van der Waals surface area contributed by atoms with Gasteiger partial charge in [-0.2, -0.15) is 5.10 Å². The Bertz CT molecular complexity index is 231. The molecule has 0 saturated carbocycles. The summed E-state index contributed by atoms with van der Waals surface area (Å²) in [5, 5.41) is 3.91. The van der Waals surface area contributed by atoms with Gasteiger partial charge in [-0.1, -0.05) is 0 Å². The third-order valence-corrected chi connectivity index (χ3v) is 1.23. The molecule has 0 saturated heterocycles. The number of aromatic nitrogens is 2. The summed E-state index contributed by atoms with van der Waals surface area (Å²) in [6, 6.07) is 1.78. The van der Waals surface area contributed by atoms with Crippen LogP contribution in [0, 0.1) is 0 Å². The van der Waals surface area contributed by atoms with Crippen LogP contribution in [0.3, 0.4) is 0 Å². The molecule has 1 atom stereocenters. The zero-order valence-corrected chi connectivity index (χ0v) is 6.52. The number of hydrogen-bond acceptors (Lipinski definition) is 3. The minimum absolute atomic E-state index is 0.298. The van der Waals surface area contributed by atoms with E-state index in [0.29, 0.717) is 0 Å². The minimum Gasteiger partial charge on any atom is -0.440 e. The van der Waals surface area contributed by atoms with E-state index in [2.05, 4.69) is 5.10 Å². The van der Waals surface area contributed by atoms with E-state index in [0.717, 1.165) is 0 Å². The quantitative estimate of drug-likeness (QED) is 0.596. The highest BCUT2D eigenvalue weighted by atomic mass is 16.6. The molecule has 0 radical (unpaired) electrons. The van der Waals surface area contributed by atoms with E-state index in [1.54, 1.807) is 30.1 Å². The van der Waals surface area contributed by atoms with E-state index in [9.17, 15) is 4.79 Å². The molecule has 4 nitrogen and oxygen atoms in total. The molecule has 60 valence electrons. The summed E-state index contributed by atoms with van der Waals surface area (Å²) in [5.41, 5.74) is 0. The average Bonchev–Trinajstić information content (AvgIpc) is 2.35. The second-order valence-electron chi connectivity index (χ2n) is 2.19. The van der Waals surface area contributed by atoms with Crippen LogP contribution in [0.4, 0.5) is 0 Å². The van der Waals surface area contributed by atoms with Crippen LogP contribution >= 0.6 is 0 Å². The van der Waals surface area contributed by atoms with Crippen LogP contribution in [0.2, 0.25) is 0 Å². The number of nitrogens with zero attached hydrogens (tertiary/aromatic N) is 2. The van der Waals surface area contributed by atoms with Gasteiger partial charge in [-0.05, 0) is 13.0 Å². The van der Waals surface area contributed by atoms with E-state index >= 15 is 0 Å². The van der Waals surface area contributed by atoms with E-state index in [-0.39, 0.29) is 12.2 Å². The van der Waals surface area contributed by atoms with Crippen molar-refractivity contribution in [3.63, 3.8) is 0 Å². The highest BCUT2D eigenvalue weighted by molar-refractivity contribution is 5.65. The summed E-state index contributed by atoms with van der Waals surface area (Å²) in [6.45, 7) is 3.13. The number of carbonyl (C=O) groups is 1. The van der Waals surface area contributed by atoms with Crippen LogP contribution in [-0.2, 0) is 9.53 Å². The molecule has 4 heteroatoms. The van der Waals surface area contributed by atoms with Gasteiger partial charge in [0, 0.05) is 19.3 Å². The molecule has 0 aliphatic heterocycles. The van der Waals surface area contributed by atoms with Crippen LogP contribution in [-0.4, -0.2) is 15.7 Å². The van der Waals surface area contributed by atoms with Gasteiger partial charge in [0.05, 0.1) is 0 Å². The molecule has 1 heterocycles. The molecule has 1 aromatic heterocycles. The van der Waals surface area contributed by atoms with Crippen molar-refractivity contribution in [3.05, 3.63) is 18.5 Å². The molecule has 1 aromatic rings. The van der Waals surface area contributed by atoms with Crippen molar-refractivity contribution in [3.8, 4) is 0 Å². The molecule has 0 N–H and O–H groups in total. The smallest absolute Gasteiger partial charge is 0.304 e. The number of carbonyl (C=O) groups excluding carboxylic acids is 1. The molecular weight excluding hydrogens is 144 g/mol. The summed E-state index contributed by atoms with van der Waals surface area (Å²) in [7, 11) is 0. The first-order chi connectivity index (χ1) is 5.20. The molecule has 0 bridgehead atoms. The Kier molecular flexibility index (Phi) is 2.25. The lowest BCUT2D eigenvalue weighted by Crippen LogP contribution is -2.12. The van der Waals surface area contributed by atoms with Crippen molar-refractivity contribution in [2.24, 2.45) is 0 Å². The van der Waals surface area contributed by atoms with Gasteiger partial charge in [0.1, 0.15) is 0 Å². The molecule has 11 heavy (non-hydrogen) atoms. The Labute approximate surface area is 64.8 Å². The van der Waals surface area contributed by atoms with Crippen molar-refractivity contribution >= 4 is 5.97 Å². The first-order valence-corrected chi connectivity index (χ1v) is 3.36. The van der Waals surface area contributed by atoms with Gasteiger partial charge in [0.25, 0.3) is 0 Å². The molecule has 0 aromatic carbocycles. The standard InChI is InChI=1S/C7H10N2O2/c1-6(11-7(2)10)9-5-3-4-8-9/h3-6H,1-2H3. The van der Waals surface area contributed by atoms with Gasteiger partial charge in [-0.15, -0.1) is 0 Å². The second-order valence-corrected chi connectivity index (χ2v) is 2.19. The largest absolute Gasteiger partial charge is 0.440 e. The maximum atomic E-state index is 10.5. The van der Waals surface area contributed by atoms with Crippen LogP contribution in [0.25, 0.3) is 0 Å². The highest BCUT2D eigenvalue weighted by Crippen LogP contribution is 2.04. The van der Waals surface area contributed by atoms with Crippen LogP contribution < -0.4 is 0 Å². The predicted octanol–water partition coefficient (Wildman–Crippen LogP) is 0.965. The molecule has 0 fully saturated rings. The summed E-state index contributed by atoms with van der Waals surface area (Å²) in [5.74, 6) is -0.298. The predicted molar refractivity (Wildman–Crippen MR) is 38.7 cm³/mol. The Hall–Kier alpha value is -1.32. The van der Waals surface area contributed by atoms with Gasteiger partial charge in [-0.25, -0.2) is 4.68 Å². The SMILES string of the molecule is CC(=O)OC(C)n1cccn1. The minimum atomic E-state index is -0.317. The number of ether oxygens (including phenoxy) is 1. The lowest BCUT2D eigenvalue weighted by atomic mass is 10.6. The van der Waals surface area contributed by atoms with Crippen molar-refractivity contribution in [1.29, 1.82) is 0 Å². The number of hydrogen-bond donors (Lipinski definition) is 0. The van der Waals surface area contributed by atoms with Gasteiger partial charge in [0.15, 0.2) is 6.23 Å². The lowest BCUT2D eigenvalue weighted by molar-refractivity contribution is -0.150. The van der Waals surface area contributed by atoms with Crippen molar-refractivity contribution in [1.82, 2.24) is 9.78 Å². The summed E-state index contributed by atoms with van der Waals surface area (Å²) in [4.78, 5) is 10.5. The third-order valence-electron chi connectivity index (χ3n) is 1.23. The highest BCUT2D eigenvalue weighted by Gasteiger charge is 2.05. The first-order valence-electron chi connectivity index (χ1n) is 3.36. The molecule has 0 amide bonds. The lowest BCUT2D eigenvalue weighted by Gasteiger charge is -2.10. The van der Waals surface area contributed by atoms with Gasteiger partial charge in [0.2, 0.25) is 0 Å². The van der Waals surface area contributed by atoms with Gasteiger partial charge >= 0.3 is 5.97 Å². The monoisotopic (exact) mass is 154 g/mol. The molecule has 0 spiro atoms. The van der Waals surface area contributed by atoms with Crippen molar-refractivity contribution in [2.75, 3.05) is 0 Å². The molecule has 0 aliphatic rings. The van der Waals surface area contributed by atoms with Crippen LogP contribution in [0.1, 0.15) is 20.1 Å². The molecule has 1 unspecified atom stereocenters. The Morgan fingerprint density at radius 2 is 2.45 bits per heavy atom. The van der Waals surface area contributed by atoms with Gasteiger partial charge < -0.3 is 4.74 Å². The fourth-order valence-electron chi connectivity index (χ4n) is 0.790. The van der Waals surface area contributed by atoms with E-state index in [4.69, 9.17) is 4.74 Å². The van der Waals surface area contributed by atoms with E-state index in [1.165, 1.54) is 6.92 Å². The fraction of sp³-hybridized carbons (Fsp3) is 0.429. The van der Waals surface area contributed by atoms with Crippen LogP contribution in [0.15, 0.2) is 18.5 Å². The normalized spacial score (nSPS) is 12.5. The molecule has 0 aliphatic carbocycles. The van der Waals surface area contributed by atoms with E-state index < -0.39 is 0 Å². The third kappa shape index (κ3) is 2.07. The fourth-order valence-corrected chi connectivity index (χ4v) is 0.790.